The molecule has 1 aliphatic rings. The van der Waals surface area contributed by atoms with Crippen molar-refractivity contribution in [2.45, 2.75) is 89.2 Å². The SMILES string of the molecule is C[C@@H]([C@H](O)c1ccccc1)N(C)C[C@H]1C[C@@H](c2ccc(CO)cc2)O[C@@H](c2ccc(-c3ccccc3CNC(=O)CCCCCC(=O)Nc3ccccc3N)cc2)O1. The molecule has 6 N–H and O–H groups in total. The molecular weight excluding hydrogens is 729 g/mol. The minimum Gasteiger partial charge on any atom is -0.397 e. The largest absolute Gasteiger partial charge is 0.397 e. The fraction of sp³-hybridized carbons (Fsp3) is 0.333. The standard InChI is InChI=1S/C48H56N4O6/c1-33(47(56)37-13-5-3-6-14-37)52(2)31-40-29-44(36-23-21-34(32-53)22-24-36)58-48(57-40)38-27-25-35(26-28-38)41-16-10-9-15-39(41)30-50-45(54)19-7-4-8-20-46(55)51-43-18-12-11-17-42(43)49/h3,5-6,9-18,21-28,33,40,44,47-48,53,56H,4,7-8,19-20,29-32,49H2,1-2H3,(H,50,54)(H,51,55)/t33-,40+,44-,47-,48-/m0/s1. The number of nitrogen functional groups attached to an aromatic ring is 1. The van der Waals surface area contributed by atoms with Crippen LogP contribution in [0.3, 0.4) is 0 Å². The van der Waals surface area contributed by atoms with Crippen LogP contribution in [-0.2, 0) is 32.2 Å². The number of aliphatic hydroxyl groups excluding tert-OH is 2. The van der Waals surface area contributed by atoms with E-state index < -0.39 is 12.4 Å². The normalized spacial score (nSPS) is 17.7. The number of carbonyl (C=O) groups excluding carboxylic acids is 2. The van der Waals surface area contributed by atoms with Gasteiger partial charge in [0, 0.05) is 44.0 Å². The zero-order valence-electron chi connectivity index (χ0n) is 33.4. The van der Waals surface area contributed by atoms with Crippen LogP contribution < -0.4 is 16.4 Å². The number of carbonyl (C=O) groups is 2. The molecule has 10 heteroatoms. The fourth-order valence-electron chi connectivity index (χ4n) is 7.32. The number of ether oxygens (including phenoxy) is 2. The van der Waals surface area contributed by atoms with Crippen LogP contribution in [0.1, 0.15) is 91.8 Å². The molecule has 0 spiro atoms. The Bertz CT molecular complexity index is 2060. The van der Waals surface area contributed by atoms with Crippen molar-refractivity contribution in [2.75, 3.05) is 24.6 Å². The average Bonchev–Trinajstić information content (AvgIpc) is 3.26. The molecular formula is C48H56N4O6. The van der Waals surface area contributed by atoms with Gasteiger partial charge in [0.15, 0.2) is 6.29 Å². The Labute approximate surface area is 342 Å². The second-order valence-corrected chi connectivity index (χ2v) is 15.1. The first kappa shape index (κ1) is 42.3. The lowest BCUT2D eigenvalue weighted by atomic mass is 9.97. The molecule has 2 amide bonds. The molecule has 0 aliphatic carbocycles. The van der Waals surface area contributed by atoms with Gasteiger partial charge in [0.05, 0.1) is 36.3 Å². The van der Waals surface area contributed by atoms with Crippen molar-refractivity contribution < 1.29 is 29.3 Å². The third-order valence-electron chi connectivity index (χ3n) is 10.9. The Hall–Kier alpha value is -5.36. The summed E-state index contributed by atoms with van der Waals surface area (Å²) >= 11 is 0. The number of hydrogen-bond donors (Lipinski definition) is 5. The molecule has 5 aromatic rings. The summed E-state index contributed by atoms with van der Waals surface area (Å²) in [5.74, 6) is -0.110. The number of nitrogens with one attached hydrogen (secondary N) is 2. The lowest BCUT2D eigenvalue weighted by Gasteiger charge is -2.39. The molecule has 6 rings (SSSR count). The zero-order chi connectivity index (χ0) is 40.9. The summed E-state index contributed by atoms with van der Waals surface area (Å²) in [6, 6.07) is 40.8. The van der Waals surface area contributed by atoms with E-state index >= 15 is 0 Å². The summed E-state index contributed by atoms with van der Waals surface area (Å²) in [6.07, 6.45) is 1.87. The molecule has 0 saturated carbocycles. The van der Waals surface area contributed by atoms with E-state index in [2.05, 4.69) is 33.7 Å². The predicted molar refractivity (Wildman–Crippen MR) is 228 cm³/mol. The van der Waals surface area contributed by atoms with Crippen molar-refractivity contribution in [3.63, 3.8) is 0 Å². The molecule has 0 unspecified atom stereocenters. The van der Waals surface area contributed by atoms with Crippen LogP contribution in [-0.4, -0.2) is 52.7 Å². The summed E-state index contributed by atoms with van der Waals surface area (Å²) in [4.78, 5) is 27.2. The highest BCUT2D eigenvalue weighted by Crippen LogP contribution is 2.39. The maximum atomic E-state index is 12.8. The summed E-state index contributed by atoms with van der Waals surface area (Å²) in [5, 5.41) is 26.7. The summed E-state index contributed by atoms with van der Waals surface area (Å²) < 4.78 is 13.3. The molecule has 5 aromatic carbocycles. The van der Waals surface area contributed by atoms with Gasteiger partial charge in [0.1, 0.15) is 0 Å². The number of hydrogen-bond acceptors (Lipinski definition) is 8. The quantitative estimate of drug-likeness (QED) is 0.0442. The molecule has 1 heterocycles. The first-order chi connectivity index (χ1) is 28.2. The van der Waals surface area contributed by atoms with Gasteiger partial charge in [-0.05, 0) is 72.3 Å². The highest BCUT2D eigenvalue weighted by Gasteiger charge is 2.34. The second kappa shape index (κ2) is 20.9. The zero-order valence-corrected chi connectivity index (χ0v) is 33.4. The van der Waals surface area contributed by atoms with Crippen LogP contribution in [0.5, 0.6) is 0 Å². The molecule has 0 radical (unpaired) electrons. The first-order valence-electron chi connectivity index (χ1n) is 20.2. The van der Waals surface area contributed by atoms with Gasteiger partial charge in [-0.2, -0.15) is 0 Å². The van der Waals surface area contributed by atoms with Gasteiger partial charge >= 0.3 is 0 Å². The van der Waals surface area contributed by atoms with Crippen LogP contribution in [0, 0.1) is 0 Å². The van der Waals surface area contributed by atoms with Crippen LogP contribution in [0.4, 0.5) is 11.4 Å². The number of para-hydroxylation sites is 2. The van der Waals surface area contributed by atoms with Crippen LogP contribution in [0.25, 0.3) is 11.1 Å². The predicted octanol–water partition coefficient (Wildman–Crippen LogP) is 8.23. The third kappa shape index (κ3) is 11.6. The van der Waals surface area contributed by atoms with E-state index in [1.807, 2.05) is 111 Å². The Balaban J connectivity index is 1.05. The summed E-state index contributed by atoms with van der Waals surface area (Å²) in [5.41, 5.74) is 13.7. The minimum absolute atomic E-state index is 0.0238. The molecule has 304 valence electrons. The summed E-state index contributed by atoms with van der Waals surface area (Å²) in [7, 11) is 2.01. The Morgan fingerprint density at radius 2 is 1.45 bits per heavy atom. The number of nitrogens with two attached hydrogens (primary N) is 1. The van der Waals surface area contributed by atoms with E-state index in [9.17, 15) is 19.8 Å². The summed E-state index contributed by atoms with van der Waals surface area (Å²) in [6.45, 7) is 2.99. The van der Waals surface area contributed by atoms with E-state index in [0.717, 1.165) is 45.4 Å². The van der Waals surface area contributed by atoms with E-state index in [1.54, 1.807) is 12.1 Å². The third-order valence-corrected chi connectivity index (χ3v) is 10.9. The molecule has 0 bridgehead atoms. The highest BCUT2D eigenvalue weighted by molar-refractivity contribution is 5.93. The van der Waals surface area contributed by atoms with E-state index in [4.69, 9.17) is 15.2 Å². The number of amides is 2. The van der Waals surface area contributed by atoms with Crippen molar-refractivity contribution >= 4 is 23.2 Å². The lowest BCUT2D eigenvalue weighted by molar-refractivity contribution is -0.253. The molecule has 1 aliphatic heterocycles. The Morgan fingerprint density at radius 1 is 0.793 bits per heavy atom. The monoisotopic (exact) mass is 784 g/mol. The van der Waals surface area contributed by atoms with Crippen molar-refractivity contribution in [1.29, 1.82) is 0 Å². The molecule has 5 atom stereocenters. The maximum Gasteiger partial charge on any atom is 0.224 e. The van der Waals surface area contributed by atoms with Gasteiger partial charge in [0.2, 0.25) is 11.8 Å². The minimum atomic E-state index is -0.648. The van der Waals surface area contributed by atoms with E-state index in [1.165, 1.54) is 0 Å². The molecule has 1 fully saturated rings. The van der Waals surface area contributed by atoms with Gasteiger partial charge in [-0.1, -0.05) is 122 Å². The first-order valence-corrected chi connectivity index (χ1v) is 20.2. The fourth-order valence-corrected chi connectivity index (χ4v) is 7.32. The number of nitrogens with zero attached hydrogens (tertiary/aromatic N) is 1. The van der Waals surface area contributed by atoms with Gasteiger partial charge in [0.25, 0.3) is 0 Å². The van der Waals surface area contributed by atoms with Crippen LogP contribution >= 0.6 is 0 Å². The van der Waals surface area contributed by atoms with Crippen LogP contribution in [0.2, 0.25) is 0 Å². The maximum absolute atomic E-state index is 12.8. The Morgan fingerprint density at radius 3 is 2.17 bits per heavy atom. The number of benzene rings is 5. The Kier molecular flexibility index (Phi) is 15.2. The van der Waals surface area contributed by atoms with E-state index in [-0.39, 0.29) is 36.7 Å². The van der Waals surface area contributed by atoms with Gasteiger partial charge in [-0.15, -0.1) is 0 Å². The van der Waals surface area contributed by atoms with E-state index in [0.29, 0.717) is 56.6 Å². The number of anilines is 2. The van der Waals surface area contributed by atoms with Gasteiger partial charge < -0.3 is 36.1 Å². The van der Waals surface area contributed by atoms with Crippen molar-refractivity contribution in [3.8, 4) is 11.1 Å². The highest BCUT2D eigenvalue weighted by atomic mass is 16.7. The molecule has 0 aromatic heterocycles. The number of rotatable bonds is 18. The molecule has 1 saturated heterocycles. The van der Waals surface area contributed by atoms with Crippen molar-refractivity contribution in [3.05, 3.63) is 155 Å². The number of likely N-dealkylation sites (N-methyl/N-ethyl adjacent to an activating group) is 1. The second-order valence-electron chi connectivity index (χ2n) is 15.1. The van der Waals surface area contributed by atoms with Crippen LogP contribution in [0.15, 0.2) is 127 Å². The van der Waals surface area contributed by atoms with Crippen molar-refractivity contribution in [1.82, 2.24) is 10.2 Å². The lowest BCUT2D eigenvalue weighted by Crippen LogP contribution is -2.43. The average molecular weight is 785 g/mol. The number of aliphatic hydroxyl groups is 2. The smallest absolute Gasteiger partial charge is 0.224 e. The van der Waals surface area contributed by atoms with Crippen molar-refractivity contribution in [2.24, 2.45) is 0 Å². The molecule has 10 nitrogen and oxygen atoms in total. The topological polar surface area (TPSA) is 146 Å². The molecule has 58 heavy (non-hydrogen) atoms. The van der Waals surface area contributed by atoms with Gasteiger partial charge in [-0.3, -0.25) is 14.5 Å². The van der Waals surface area contributed by atoms with Gasteiger partial charge in [-0.25, -0.2) is 0 Å². The number of unbranched alkanes of at least 4 members (excludes halogenated alkanes) is 2.